The van der Waals surface area contributed by atoms with Crippen molar-refractivity contribution in [2.45, 2.75) is 39.3 Å². The number of nitrogens with zero attached hydrogens (tertiary/aromatic N) is 1. The van der Waals surface area contributed by atoms with Crippen LogP contribution < -0.4 is 10.1 Å². The van der Waals surface area contributed by atoms with Crippen molar-refractivity contribution in [1.29, 1.82) is 0 Å². The summed E-state index contributed by atoms with van der Waals surface area (Å²) in [6, 6.07) is 6.23. The normalized spacial score (nSPS) is 10.9. The minimum Gasteiger partial charge on any atom is -0.496 e. The van der Waals surface area contributed by atoms with E-state index in [1.54, 1.807) is 7.11 Å². The Morgan fingerprint density at radius 2 is 2.18 bits per heavy atom. The Morgan fingerprint density at radius 3 is 2.82 bits per heavy atom. The van der Waals surface area contributed by atoms with E-state index in [2.05, 4.69) is 42.4 Å². The summed E-state index contributed by atoms with van der Waals surface area (Å²) in [6.45, 7) is 5.27. The first-order valence-electron chi connectivity index (χ1n) is 7.83. The fraction of sp³-hybridized carbons (Fsp3) is 0.588. The van der Waals surface area contributed by atoms with Crippen molar-refractivity contribution in [3.63, 3.8) is 0 Å². The second kappa shape index (κ2) is 10.2. The van der Waals surface area contributed by atoms with Crippen LogP contribution in [0.4, 0.5) is 0 Å². The third kappa shape index (κ3) is 6.91. The van der Waals surface area contributed by atoms with E-state index in [4.69, 9.17) is 9.84 Å². The van der Waals surface area contributed by atoms with Crippen LogP contribution in [0.25, 0.3) is 0 Å². The molecule has 0 saturated heterocycles. The molecule has 0 unspecified atom stereocenters. The number of hydrogen-bond donors (Lipinski definition) is 2. The van der Waals surface area contributed by atoms with Crippen LogP contribution in [0.2, 0.25) is 0 Å². The minimum absolute atomic E-state index is 0.128. The summed E-state index contributed by atoms with van der Waals surface area (Å²) in [5.74, 6) is 0.0640. The number of unbranched alkanes of at least 4 members (excludes halogenated alkanes) is 1. The lowest BCUT2D eigenvalue weighted by molar-refractivity contribution is -0.136. The highest BCUT2D eigenvalue weighted by atomic mass is 16.5. The average molecular weight is 308 g/mol. The number of hydrogen-bond acceptors (Lipinski definition) is 4. The predicted octanol–water partition coefficient (Wildman–Crippen LogP) is 2.49. The van der Waals surface area contributed by atoms with Crippen molar-refractivity contribution in [2.75, 3.05) is 27.2 Å². The molecule has 0 spiro atoms. The quantitative estimate of drug-likeness (QED) is 0.615. The van der Waals surface area contributed by atoms with Gasteiger partial charge in [0.05, 0.1) is 13.5 Å². The molecular weight excluding hydrogens is 280 g/mol. The van der Waals surface area contributed by atoms with Gasteiger partial charge in [0.2, 0.25) is 0 Å². The number of carboxylic acid groups (broad SMARTS) is 1. The van der Waals surface area contributed by atoms with E-state index in [1.165, 1.54) is 18.4 Å². The summed E-state index contributed by atoms with van der Waals surface area (Å²) in [5, 5.41) is 11.7. The fourth-order valence-electron chi connectivity index (χ4n) is 2.27. The van der Waals surface area contributed by atoms with Crippen LogP contribution in [0, 0.1) is 0 Å². The minimum atomic E-state index is -0.787. The number of carbonyl (C=O) groups is 1. The fourth-order valence-corrected chi connectivity index (χ4v) is 2.27. The number of methoxy groups -OCH3 is 1. The van der Waals surface area contributed by atoms with Crippen molar-refractivity contribution in [3.8, 4) is 5.75 Å². The third-order valence-electron chi connectivity index (χ3n) is 3.53. The number of carboxylic acids is 1. The molecule has 22 heavy (non-hydrogen) atoms. The lowest BCUT2D eigenvalue weighted by Gasteiger charge is -2.17. The van der Waals surface area contributed by atoms with Gasteiger partial charge < -0.3 is 20.1 Å². The maximum atomic E-state index is 10.5. The van der Waals surface area contributed by atoms with Crippen molar-refractivity contribution < 1.29 is 14.6 Å². The topological polar surface area (TPSA) is 61.8 Å². The van der Waals surface area contributed by atoms with Crippen LogP contribution in [0.1, 0.15) is 37.3 Å². The number of ether oxygens (including phenoxy) is 1. The molecule has 5 nitrogen and oxygen atoms in total. The Labute approximate surface area is 133 Å². The smallest absolute Gasteiger partial charge is 0.304 e. The molecule has 0 aromatic heterocycles. The first-order valence-corrected chi connectivity index (χ1v) is 7.83. The molecule has 2 N–H and O–H groups in total. The van der Waals surface area contributed by atoms with E-state index in [1.807, 2.05) is 0 Å². The van der Waals surface area contributed by atoms with Crippen LogP contribution in [0.5, 0.6) is 5.75 Å². The molecule has 5 heteroatoms. The second-order valence-corrected chi connectivity index (χ2v) is 5.56. The Hall–Kier alpha value is -1.59. The van der Waals surface area contributed by atoms with Crippen molar-refractivity contribution in [1.82, 2.24) is 10.2 Å². The van der Waals surface area contributed by atoms with E-state index < -0.39 is 5.97 Å². The van der Waals surface area contributed by atoms with Gasteiger partial charge in [0.1, 0.15) is 5.75 Å². The van der Waals surface area contributed by atoms with Gasteiger partial charge >= 0.3 is 5.97 Å². The molecule has 1 aromatic carbocycles. The summed E-state index contributed by atoms with van der Waals surface area (Å²) >= 11 is 0. The van der Waals surface area contributed by atoms with Crippen LogP contribution >= 0.6 is 0 Å². The molecule has 0 saturated carbocycles. The summed E-state index contributed by atoms with van der Waals surface area (Å²) in [4.78, 5) is 12.8. The molecule has 0 radical (unpaired) electrons. The van der Waals surface area contributed by atoms with E-state index >= 15 is 0 Å². The molecule has 1 aromatic rings. The van der Waals surface area contributed by atoms with E-state index in [0.717, 1.165) is 24.4 Å². The van der Waals surface area contributed by atoms with Crippen molar-refractivity contribution in [3.05, 3.63) is 29.3 Å². The number of nitrogens with one attached hydrogen (secondary N) is 1. The summed E-state index contributed by atoms with van der Waals surface area (Å²) in [7, 11) is 3.80. The molecule has 0 aliphatic carbocycles. The lowest BCUT2D eigenvalue weighted by Crippen LogP contribution is -2.19. The van der Waals surface area contributed by atoms with Crippen LogP contribution in [0.15, 0.2) is 18.2 Å². The Morgan fingerprint density at radius 1 is 1.41 bits per heavy atom. The van der Waals surface area contributed by atoms with Crippen molar-refractivity contribution >= 4 is 5.97 Å². The van der Waals surface area contributed by atoms with Gasteiger partial charge in [0.15, 0.2) is 0 Å². The van der Waals surface area contributed by atoms with E-state index in [-0.39, 0.29) is 6.42 Å². The number of rotatable bonds is 11. The standard InChI is InChI=1S/C17H28N2O3/c1-4-5-10-19(2)13-14-6-7-15(16(11-14)22-3)12-18-9-8-17(20)21/h6-7,11,18H,4-5,8-10,12-13H2,1-3H3,(H,20,21). The zero-order valence-corrected chi connectivity index (χ0v) is 13.9. The second-order valence-electron chi connectivity index (χ2n) is 5.56. The van der Waals surface area contributed by atoms with E-state index in [9.17, 15) is 4.79 Å². The Balaban J connectivity index is 2.56. The molecular formula is C17H28N2O3. The Kier molecular flexibility index (Phi) is 8.55. The Bertz CT molecular complexity index is 463. The van der Waals surface area contributed by atoms with Crippen LogP contribution in [-0.4, -0.2) is 43.2 Å². The van der Waals surface area contributed by atoms with Gasteiger partial charge in [-0.05, 0) is 31.6 Å². The van der Waals surface area contributed by atoms with E-state index in [0.29, 0.717) is 13.1 Å². The number of benzene rings is 1. The van der Waals surface area contributed by atoms with Crippen molar-refractivity contribution in [2.24, 2.45) is 0 Å². The SMILES string of the molecule is CCCCN(C)Cc1ccc(CNCCC(=O)O)c(OC)c1. The van der Waals surface area contributed by atoms with Gasteiger partial charge in [-0.1, -0.05) is 25.5 Å². The molecule has 0 aliphatic rings. The summed E-state index contributed by atoms with van der Waals surface area (Å²) < 4.78 is 5.45. The van der Waals surface area contributed by atoms with Crippen LogP contribution in [-0.2, 0) is 17.9 Å². The molecule has 0 bridgehead atoms. The predicted molar refractivity (Wildman–Crippen MR) is 88.2 cm³/mol. The molecule has 0 amide bonds. The van der Waals surface area contributed by atoms with Gasteiger partial charge in [-0.25, -0.2) is 0 Å². The lowest BCUT2D eigenvalue weighted by atomic mass is 10.1. The largest absolute Gasteiger partial charge is 0.496 e. The van der Waals surface area contributed by atoms with Gasteiger partial charge in [0.25, 0.3) is 0 Å². The maximum absolute atomic E-state index is 10.5. The summed E-state index contributed by atoms with van der Waals surface area (Å²) in [6.07, 6.45) is 2.54. The molecule has 0 aliphatic heterocycles. The molecule has 0 heterocycles. The van der Waals surface area contributed by atoms with Gasteiger partial charge in [-0.3, -0.25) is 4.79 Å². The van der Waals surface area contributed by atoms with Crippen LogP contribution in [0.3, 0.4) is 0 Å². The maximum Gasteiger partial charge on any atom is 0.304 e. The molecule has 0 atom stereocenters. The first-order chi connectivity index (χ1) is 10.6. The third-order valence-corrected chi connectivity index (χ3v) is 3.53. The average Bonchev–Trinajstić information content (AvgIpc) is 2.50. The highest BCUT2D eigenvalue weighted by Gasteiger charge is 2.07. The highest BCUT2D eigenvalue weighted by molar-refractivity contribution is 5.66. The first kappa shape index (κ1) is 18.5. The monoisotopic (exact) mass is 308 g/mol. The summed E-state index contributed by atoms with van der Waals surface area (Å²) in [5.41, 5.74) is 2.28. The zero-order chi connectivity index (χ0) is 16.4. The van der Waals surface area contributed by atoms with Gasteiger partial charge in [0, 0.05) is 25.2 Å². The highest BCUT2D eigenvalue weighted by Crippen LogP contribution is 2.21. The van der Waals surface area contributed by atoms with Gasteiger partial charge in [-0.15, -0.1) is 0 Å². The molecule has 0 fully saturated rings. The van der Waals surface area contributed by atoms with Gasteiger partial charge in [-0.2, -0.15) is 0 Å². The zero-order valence-electron chi connectivity index (χ0n) is 13.9. The number of aliphatic carboxylic acids is 1. The molecule has 1 rings (SSSR count). The molecule has 124 valence electrons.